The quantitative estimate of drug-likeness (QED) is 0.765. The number of ether oxygens (including phenoxy) is 1. The summed E-state index contributed by atoms with van der Waals surface area (Å²) in [5.41, 5.74) is 1.22. The van der Waals surface area contributed by atoms with Crippen LogP contribution in [-0.4, -0.2) is 12.6 Å². The van der Waals surface area contributed by atoms with Gasteiger partial charge in [0.15, 0.2) is 0 Å². The highest BCUT2D eigenvalue weighted by atomic mass is 79.9. The van der Waals surface area contributed by atoms with E-state index in [0.717, 1.165) is 36.2 Å². The average Bonchev–Trinajstić information content (AvgIpc) is 2.32. The van der Waals surface area contributed by atoms with Gasteiger partial charge in [-0.25, -0.2) is 0 Å². The third-order valence-corrected chi connectivity index (χ3v) is 3.16. The van der Waals surface area contributed by atoms with Crippen LogP contribution in [-0.2, 0) is 6.54 Å². The van der Waals surface area contributed by atoms with Crippen molar-refractivity contribution in [3.05, 3.63) is 28.2 Å². The molecule has 1 aromatic rings. The predicted octanol–water partition coefficient (Wildman–Crippen LogP) is 4.13. The van der Waals surface area contributed by atoms with Crippen LogP contribution >= 0.6 is 15.9 Å². The molecule has 1 aromatic carbocycles. The molecule has 0 saturated heterocycles. The van der Waals surface area contributed by atoms with Gasteiger partial charge in [0.1, 0.15) is 5.75 Å². The van der Waals surface area contributed by atoms with Crippen LogP contribution in [0.3, 0.4) is 0 Å². The molecule has 0 saturated carbocycles. The van der Waals surface area contributed by atoms with Gasteiger partial charge in [-0.05, 0) is 44.5 Å². The monoisotopic (exact) mass is 299 g/mol. The summed E-state index contributed by atoms with van der Waals surface area (Å²) >= 11 is 3.51. The van der Waals surface area contributed by atoms with Crippen LogP contribution in [0.4, 0.5) is 0 Å². The van der Waals surface area contributed by atoms with Gasteiger partial charge in [-0.2, -0.15) is 0 Å². The molecule has 1 unspecified atom stereocenters. The van der Waals surface area contributed by atoms with Crippen molar-refractivity contribution in [3.8, 4) is 5.75 Å². The molecular formula is C14H22BrNO. The van der Waals surface area contributed by atoms with Crippen LogP contribution in [0.15, 0.2) is 22.7 Å². The van der Waals surface area contributed by atoms with Gasteiger partial charge in [0.25, 0.3) is 0 Å². The molecule has 1 N–H and O–H groups in total. The predicted molar refractivity (Wildman–Crippen MR) is 76.5 cm³/mol. The van der Waals surface area contributed by atoms with Crippen molar-refractivity contribution in [1.29, 1.82) is 0 Å². The Kier molecular flexibility index (Phi) is 6.60. The maximum absolute atomic E-state index is 5.92. The Morgan fingerprint density at radius 1 is 1.35 bits per heavy atom. The number of benzene rings is 1. The first-order valence-corrected chi connectivity index (χ1v) is 7.12. The molecule has 1 atom stereocenters. The summed E-state index contributed by atoms with van der Waals surface area (Å²) < 4.78 is 7.02. The second kappa shape index (κ2) is 7.72. The van der Waals surface area contributed by atoms with Crippen molar-refractivity contribution >= 4 is 15.9 Å². The van der Waals surface area contributed by atoms with E-state index < -0.39 is 0 Å². The van der Waals surface area contributed by atoms with Crippen LogP contribution < -0.4 is 10.1 Å². The molecule has 0 heterocycles. The van der Waals surface area contributed by atoms with Crippen LogP contribution in [0, 0.1) is 0 Å². The third-order valence-electron chi connectivity index (χ3n) is 2.67. The molecular weight excluding hydrogens is 278 g/mol. The molecule has 0 amide bonds. The number of halogens is 1. The molecule has 0 fully saturated rings. The fourth-order valence-electron chi connectivity index (χ4n) is 1.50. The van der Waals surface area contributed by atoms with E-state index >= 15 is 0 Å². The first-order chi connectivity index (χ1) is 8.17. The maximum Gasteiger partial charge on any atom is 0.124 e. The lowest BCUT2D eigenvalue weighted by atomic mass is 10.2. The zero-order valence-corrected chi connectivity index (χ0v) is 12.5. The molecule has 96 valence electrons. The van der Waals surface area contributed by atoms with Crippen molar-refractivity contribution in [2.24, 2.45) is 0 Å². The Balaban J connectivity index is 2.72. The summed E-state index contributed by atoms with van der Waals surface area (Å²) in [6, 6.07) is 6.20. The summed E-state index contributed by atoms with van der Waals surface area (Å²) in [5, 5.41) is 3.41. The minimum atomic E-state index is 0.265. The zero-order valence-electron chi connectivity index (χ0n) is 10.9. The number of hydrogen-bond donors (Lipinski definition) is 1. The number of nitrogens with one attached hydrogen (secondary N) is 1. The first-order valence-electron chi connectivity index (χ1n) is 6.33. The second-order valence-electron chi connectivity index (χ2n) is 4.27. The van der Waals surface area contributed by atoms with Crippen molar-refractivity contribution < 1.29 is 4.74 Å². The zero-order chi connectivity index (χ0) is 12.7. The van der Waals surface area contributed by atoms with E-state index in [1.54, 1.807) is 0 Å². The Morgan fingerprint density at radius 3 is 2.76 bits per heavy atom. The minimum absolute atomic E-state index is 0.265. The highest BCUT2D eigenvalue weighted by molar-refractivity contribution is 9.10. The van der Waals surface area contributed by atoms with Crippen molar-refractivity contribution in [2.45, 2.75) is 46.3 Å². The smallest absolute Gasteiger partial charge is 0.124 e. The highest BCUT2D eigenvalue weighted by Crippen LogP contribution is 2.24. The van der Waals surface area contributed by atoms with Gasteiger partial charge < -0.3 is 10.1 Å². The largest absolute Gasteiger partial charge is 0.490 e. The Hall–Kier alpha value is -0.540. The standard InChI is InChI=1S/C14H22BrNO/c1-4-8-16-10-12-9-13(15)6-7-14(12)17-11(3)5-2/h6-7,9,11,16H,4-5,8,10H2,1-3H3. The van der Waals surface area contributed by atoms with E-state index in [1.807, 2.05) is 12.1 Å². The average molecular weight is 300 g/mol. The fraction of sp³-hybridized carbons (Fsp3) is 0.571. The van der Waals surface area contributed by atoms with E-state index in [9.17, 15) is 0 Å². The van der Waals surface area contributed by atoms with Crippen LogP contribution in [0.5, 0.6) is 5.75 Å². The topological polar surface area (TPSA) is 21.3 Å². The van der Waals surface area contributed by atoms with Crippen molar-refractivity contribution in [2.75, 3.05) is 6.54 Å². The highest BCUT2D eigenvalue weighted by Gasteiger charge is 2.07. The van der Waals surface area contributed by atoms with Crippen LogP contribution in [0.1, 0.15) is 39.2 Å². The summed E-state index contributed by atoms with van der Waals surface area (Å²) in [6.07, 6.45) is 2.44. The van der Waals surface area contributed by atoms with E-state index in [-0.39, 0.29) is 6.10 Å². The molecule has 3 heteroatoms. The molecule has 0 aliphatic rings. The minimum Gasteiger partial charge on any atom is -0.490 e. The van der Waals surface area contributed by atoms with Gasteiger partial charge >= 0.3 is 0 Å². The van der Waals surface area contributed by atoms with Crippen molar-refractivity contribution in [3.63, 3.8) is 0 Å². The Morgan fingerprint density at radius 2 is 2.12 bits per heavy atom. The SMILES string of the molecule is CCCNCc1cc(Br)ccc1OC(C)CC. The number of hydrogen-bond acceptors (Lipinski definition) is 2. The molecule has 0 aliphatic heterocycles. The Labute approximate surface area is 113 Å². The molecule has 0 spiro atoms. The molecule has 0 aliphatic carbocycles. The van der Waals surface area contributed by atoms with Gasteiger partial charge in [0.05, 0.1) is 6.10 Å². The summed E-state index contributed by atoms with van der Waals surface area (Å²) in [7, 11) is 0. The van der Waals surface area contributed by atoms with E-state index in [1.165, 1.54) is 5.56 Å². The lowest BCUT2D eigenvalue weighted by Gasteiger charge is -2.16. The van der Waals surface area contributed by atoms with E-state index in [2.05, 4.69) is 48.1 Å². The number of rotatable bonds is 7. The molecule has 0 bridgehead atoms. The molecule has 0 radical (unpaired) electrons. The third kappa shape index (κ3) is 5.09. The van der Waals surface area contributed by atoms with Crippen LogP contribution in [0.25, 0.3) is 0 Å². The molecule has 2 nitrogen and oxygen atoms in total. The molecule has 17 heavy (non-hydrogen) atoms. The summed E-state index contributed by atoms with van der Waals surface area (Å²) in [5.74, 6) is 0.992. The van der Waals surface area contributed by atoms with Crippen LogP contribution in [0.2, 0.25) is 0 Å². The lowest BCUT2D eigenvalue weighted by Crippen LogP contribution is -2.16. The second-order valence-corrected chi connectivity index (χ2v) is 5.18. The van der Waals surface area contributed by atoms with Crippen molar-refractivity contribution in [1.82, 2.24) is 5.32 Å². The van der Waals surface area contributed by atoms with Gasteiger partial charge in [-0.3, -0.25) is 0 Å². The van der Waals surface area contributed by atoms with Gasteiger partial charge in [-0.15, -0.1) is 0 Å². The van der Waals surface area contributed by atoms with Gasteiger partial charge in [-0.1, -0.05) is 29.8 Å². The van der Waals surface area contributed by atoms with E-state index in [4.69, 9.17) is 4.74 Å². The van der Waals surface area contributed by atoms with Gasteiger partial charge in [0.2, 0.25) is 0 Å². The Bertz CT molecular complexity index is 341. The lowest BCUT2D eigenvalue weighted by molar-refractivity contribution is 0.215. The summed E-state index contributed by atoms with van der Waals surface area (Å²) in [4.78, 5) is 0. The molecule has 1 rings (SSSR count). The normalized spacial score (nSPS) is 12.5. The summed E-state index contributed by atoms with van der Waals surface area (Å²) in [6.45, 7) is 8.31. The maximum atomic E-state index is 5.92. The first kappa shape index (κ1) is 14.5. The van der Waals surface area contributed by atoms with E-state index in [0.29, 0.717) is 0 Å². The van der Waals surface area contributed by atoms with Gasteiger partial charge in [0, 0.05) is 16.6 Å². The molecule has 0 aromatic heterocycles. The fourth-order valence-corrected chi connectivity index (χ4v) is 1.91.